The van der Waals surface area contributed by atoms with Crippen molar-refractivity contribution in [2.75, 3.05) is 5.32 Å². The Balaban J connectivity index is 1.87. The van der Waals surface area contributed by atoms with E-state index in [1.807, 2.05) is 48.5 Å². The number of hydrogen-bond acceptors (Lipinski definition) is 3. The number of hydrogen-bond donors (Lipinski definition) is 1. The van der Waals surface area contributed by atoms with Crippen molar-refractivity contribution in [3.63, 3.8) is 0 Å². The molecule has 3 rings (SSSR count). The topological polar surface area (TPSA) is 64.0 Å². The molecule has 1 heterocycles. The number of anilines is 1. The maximum atomic E-state index is 12.8. The first-order valence-corrected chi connectivity index (χ1v) is 8.95. The summed E-state index contributed by atoms with van der Waals surface area (Å²) in [5.74, 6) is -0.900. The minimum Gasteiger partial charge on any atom is -0.319 e. The summed E-state index contributed by atoms with van der Waals surface area (Å²) in [6.07, 6.45) is 0. The van der Waals surface area contributed by atoms with Gasteiger partial charge in [0, 0.05) is 5.69 Å². The average molecular weight is 361 g/mol. The van der Waals surface area contributed by atoms with Crippen LogP contribution < -0.4 is 5.32 Å². The molecule has 1 amide bonds. The van der Waals surface area contributed by atoms with Crippen molar-refractivity contribution in [3.05, 3.63) is 77.1 Å². The van der Waals surface area contributed by atoms with E-state index in [0.717, 1.165) is 11.3 Å². The highest BCUT2D eigenvalue weighted by molar-refractivity contribution is 6.47. The zero-order valence-electron chi connectivity index (χ0n) is 16.0. The smallest absolute Gasteiger partial charge is 0.296 e. The molecule has 138 valence electrons. The molecule has 2 aromatic carbocycles. The van der Waals surface area contributed by atoms with Crippen molar-refractivity contribution in [2.45, 2.75) is 33.6 Å². The van der Waals surface area contributed by atoms with E-state index in [-0.39, 0.29) is 0 Å². The molecule has 1 aromatic heterocycles. The zero-order chi connectivity index (χ0) is 19.6. The molecule has 0 fully saturated rings. The fraction of sp³-hybridized carbons (Fsp3) is 0.227. The number of carbonyl (C=O) groups is 2. The van der Waals surface area contributed by atoms with E-state index >= 15 is 0 Å². The average Bonchev–Trinajstić information content (AvgIpc) is 2.96. The van der Waals surface area contributed by atoms with Crippen LogP contribution in [0, 0.1) is 13.8 Å². The number of para-hydroxylation sites is 1. The standard InChI is InChI=1S/C22H23N3O2/c1-14(2)17-9-8-10-18(13-17)23-22(27)21(26)20-15(3)24-25(16(20)4)19-11-6-5-7-12-19/h5-14H,1-4H3,(H,23,27). The van der Waals surface area contributed by atoms with Crippen LogP contribution in [-0.4, -0.2) is 21.5 Å². The van der Waals surface area contributed by atoms with Crippen LogP contribution in [0.2, 0.25) is 0 Å². The van der Waals surface area contributed by atoms with E-state index in [1.54, 1.807) is 24.6 Å². The van der Waals surface area contributed by atoms with Crippen LogP contribution in [0.15, 0.2) is 54.6 Å². The van der Waals surface area contributed by atoms with Crippen molar-refractivity contribution in [2.24, 2.45) is 0 Å². The first-order chi connectivity index (χ1) is 12.9. The molecule has 0 saturated carbocycles. The van der Waals surface area contributed by atoms with Crippen LogP contribution in [0.1, 0.15) is 47.1 Å². The van der Waals surface area contributed by atoms with Crippen molar-refractivity contribution in [3.8, 4) is 5.69 Å². The van der Waals surface area contributed by atoms with Gasteiger partial charge in [0.15, 0.2) is 0 Å². The molecule has 0 bridgehead atoms. The van der Waals surface area contributed by atoms with Crippen molar-refractivity contribution in [1.82, 2.24) is 9.78 Å². The van der Waals surface area contributed by atoms with Crippen molar-refractivity contribution >= 4 is 17.4 Å². The van der Waals surface area contributed by atoms with E-state index in [9.17, 15) is 9.59 Å². The number of aryl methyl sites for hydroxylation is 1. The summed E-state index contributed by atoms with van der Waals surface area (Å²) in [4.78, 5) is 25.3. The summed E-state index contributed by atoms with van der Waals surface area (Å²) < 4.78 is 1.69. The van der Waals surface area contributed by atoms with Gasteiger partial charge in [0.05, 0.1) is 22.6 Å². The van der Waals surface area contributed by atoms with E-state index in [4.69, 9.17) is 0 Å². The van der Waals surface area contributed by atoms with Crippen LogP contribution in [0.5, 0.6) is 0 Å². The molecule has 27 heavy (non-hydrogen) atoms. The Kier molecular flexibility index (Phi) is 5.21. The third-order valence-electron chi connectivity index (χ3n) is 4.54. The molecule has 5 nitrogen and oxygen atoms in total. The molecule has 0 aliphatic heterocycles. The number of aromatic nitrogens is 2. The fourth-order valence-electron chi connectivity index (χ4n) is 3.07. The highest BCUT2D eigenvalue weighted by Crippen LogP contribution is 2.21. The Hall–Kier alpha value is -3.21. The lowest BCUT2D eigenvalue weighted by Gasteiger charge is -2.09. The molecule has 0 saturated heterocycles. The minimum absolute atomic E-state index is 0.339. The summed E-state index contributed by atoms with van der Waals surface area (Å²) in [6.45, 7) is 7.70. The summed E-state index contributed by atoms with van der Waals surface area (Å²) in [6, 6.07) is 17.1. The van der Waals surface area contributed by atoms with Gasteiger partial charge >= 0.3 is 0 Å². The van der Waals surface area contributed by atoms with E-state index < -0.39 is 11.7 Å². The first kappa shape index (κ1) is 18.6. The second kappa shape index (κ2) is 7.58. The van der Waals surface area contributed by atoms with Gasteiger partial charge in [-0.25, -0.2) is 4.68 Å². The van der Waals surface area contributed by atoms with Crippen LogP contribution in [0.3, 0.4) is 0 Å². The predicted molar refractivity (Wildman–Crippen MR) is 107 cm³/mol. The first-order valence-electron chi connectivity index (χ1n) is 8.95. The van der Waals surface area contributed by atoms with Gasteiger partial charge in [-0.05, 0) is 49.6 Å². The molecule has 1 N–H and O–H groups in total. The molecule has 0 unspecified atom stereocenters. The Bertz CT molecular complexity index is 988. The van der Waals surface area contributed by atoms with Gasteiger partial charge in [0.25, 0.3) is 11.7 Å². The molecule has 0 atom stereocenters. The molecule has 5 heteroatoms. The number of ketones is 1. The third-order valence-corrected chi connectivity index (χ3v) is 4.54. The lowest BCUT2D eigenvalue weighted by atomic mass is 10.0. The predicted octanol–water partition coefficient (Wildman–Crippen LogP) is 4.43. The summed E-state index contributed by atoms with van der Waals surface area (Å²) in [7, 11) is 0. The molecule has 0 radical (unpaired) electrons. The minimum atomic E-state index is -0.658. The van der Waals surface area contributed by atoms with Gasteiger partial charge in [-0.2, -0.15) is 5.10 Å². The highest BCUT2D eigenvalue weighted by atomic mass is 16.2. The second-order valence-corrected chi connectivity index (χ2v) is 6.86. The van der Waals surface area contributed by atoms with Crippen molar-refractivity contribution < 1.29 is 9.59 Å². The molecule has 0 spiro atoms. The van der Waals surface area contributed by atoms with Gasteiger partial charge in [-0.15, -0.1) is 0 Å². The van der Waals surface area contributed by atoms with Crippen LogP contribution in [0.25, 0.3) is 5.69 Å². The Morgan fingerprint density at radius 3 is 2.37 bits per heavy atom. The van der Waals surface area contributed by atoms with E-state index in [1.165, 1.54) is 0 Å². The number of rotatable bonds is 5. The normalized spacial score (nSPS) is 10.9. The molecule has 0 aliphatic carbocycles. The maximum Gasteiger partial charge on any atom is 0.296 e. The molecular weight excluding hydrogens is 338 g/mol. The Morgan fingerprint density at radius 2 is 1.70 bits per heavy atom. The molecular formula is C22H23N3O2. The summed E-state index contributed by atoms with van der Waals surface area (Å²) in [5.41, 5.74) is 4.09. The highest BCUT2D eigenvalue weighted by Gasteiger charge is 2.25. The van der Waals surface area contributed by atoms with E-state index in [0.29, 0.717) is 28.6 Å². The lowest BCUT2D eigenvalue weighted by Crippen LogP contribution is -2.24. The van der Waals surface area contributed by atoms with Gasteiger partial charge in [0.1, 0.15) is 0 Å². The maximum absolute atomic E-state index is 12.8. The van der Waals surface area contributed by atoms with Gasteiger partial charge in [-0.3, -0.25) is 9.59 Å². The number of benzene rings is 2. The molecule has 3 aromatic rings. The molecule has 0 aliphatic rings. The van der Waals surface area contributed by atoms with Gasteiger partial charge in [-0.1, -0.05) is 44.2 Å². The number of nitrogens with one attached hydrogen (secondary N) is 1. The largest absolute Gasteiger partial charge is 0.319 e. The number of Topliss-reactive ketones (excluding diaryl/α,β-unsaturated/α-hetero) is 1. The number of amides is 1. The number of nitrogens with zero attached hydrogens (tertiary/aromatic N) is 2. The SMILES string of the molecule is Cc1nn(-c2ccccc2)c(C)c1C(=O)C(=O)Nc1cccc(C(C)C)c1. The van der Waals surface area contributed by atoms with E-state index in [2.05, 4.69) is 24.3 Å². The second-order valence-electron chi connectivity index (χ2n) is 6.86. The summed E-state index contributed by atoms with van der Waals surface area (Å²) in [5, 5.41) is 7.16. The Morgan fingerprint density at radius 1 is 1.00 bits per heavy atom. The van der Waals surface area contributed by atoms with Gasteiger partial charge < -0.3 is 5.32 Å². The number of carbonyl (C=O) groups excluding carboxylic acids is 2. The summed E-state index contributed by atoms with van der Waals surface area (Å²) >= 11 is 0. The quantitative estimate of drug-likeness (QED) is 0.540. The van der Waals surface area contributed by atoms with Crippen LogP contribution >= 0.6 is 0 Å². The van der Waals surface area contributed by atoms with Crippen LogP contribution in [0.4, 0.5) is 5.69 Å². The van der Waals surface area contributed by atoms with Crippen LogP contribution in [-0.2, 0) is 4.79 Å². The monoisotopic (exact) mass is 361 g/mol. The van der Waals surface area contributed by atoms with Gasteiger partial charge in [0.2, 0.25) is 0 Å². The lowest BCUT2D eigenvalue weighted by molar-refractivity contribution is -0.112. The van der Waals surface area contributed by atoms with Crippen molar-refractivity contribution in [1.29, 1.82) is 0 Å². The Labute approximate surface area is 159 Å². The third kappa shape index (κ3) is 3.82. The fourth-order valence-corrected chi connectivity index (χ4v) is 3.07. The zero-order valence-corrected chi connectivity index (χ0v) is 16.0.